The van der Waals surface area contributed by atoms with Crippen molar-refractivity contribution in [2.75, 3.05) is 32.1 Å². The van der Waals surface area contributed by atoms with E-state index in [1.54, 1.807) is 18.2 Å². The van der Waals surface area contributed by atoms with Gasteiger partial charge in [0.15, 0.2) is 6.54 Å². The third-order valence-electron chi connectivity index (χ3n) is 4.44. The van der Waals surface area contributed by atoms with Crippen molar-refractivity contribution in [3.8, 4) is 0 Å². The Balaban J connectivity index is 1.83. The molecule has 1 aliphatic heterocycles. The molecule has 1 aromatic heterocycles. The Labute approximate surface area is 156 Å². The summed E-state index contributed by atoms with van der Waals surface area (Å²) in [4.78, 5) is 28.8. The van der Waals surface area contributed by atoms with E-state index in [2.05, 4.69) is 10.3 Å². The first-order valence-corrected chi connectivity index (χ1v) is 8.93. The normalized spacial score (nSPS) is 23.0. The van der Waals surface area contributed by atoms with Gasteiger partial charge >= 0.3 is 5.97 Å². The van der Waals surface area contributed by atoms with Crippen molar-refractivity contribution in [1.82, 2.24) is 4.98 Å². The van der Waals surface area contributed by atoms with E-state index in [1.807, 2.05) is 13.8 Å². The van der Waals surface area contributed by atoms with Gasteiger partial charge in [0, 0.05) is 15.9 Å². The number of amides is 1. The third kappa shape index (κ3) is 4.00. The average Bonchev–Trinajstić information content (AvgIpc) is 2.91. The van der Waals surface area contributed by atoms with Crippen LogP contribution in [-0.2, 0) is 14.3 Å². The molecule has 1 saturated heterocycles. The smallest absolute Gasteiger partial charge is 0.356 e. The maximum Gasteiger partial charge on any atom is 0.356 e. The Bertz CT molecular complexity index is 825. The molecule has 7 nitrogen and oxygen atoms in total. The lowest BCUT2D eigenvalue weighted by atomic mass is 10.2. The Morgan fingerprint density at radius 1 is 1.35 bits per heavy atom. The second-order valence-corrected chi connectivity index (χ2v) is 7.13. The number of carbonyl (C=O) groups excluding carboxylic acids is 2. The Kier molecular flexibility index (Phi) is 5.50. The van der Waals surface area contributed by atoms with Crippen LogP contribution in [0.5, 0.6) is 0 Å². The van der Waals surface area contributed by atoms with Crippen LogP contribution in [-0.4, -0.2) is 55.8 Å². The zero-order chi connectivity index (χ0) is 18.8. The van der Waals surface area contributed by atoms with Crippen LogP contribution in [0.4, 0.5) is 5.69 Å². The van der Waals surface area contributed by atoms with Crippen LogP contribution in [0.15, 0.2) is 18.2 Å². The molecule has 0 spiro atoms. The second kappa shape index (κ2) is 7.65. The number of esters is 1. The van der Waals surface area contributed by atoms with Crippen LogP contribution < -0.4 is 10.2 Å². The summed E-state index contributed by atoms with van der Waals surface area (Å²) in [6.07, 6.45) is 0.221. The van der Waals surface area contributed by atoms with E-state index in [1.165, 1.54) is 7.11 Å². The molecular weight excluding hydrogens is 358 g/mol. The molecule has 140 valence electrons. The number of hydrogen-bond donors (Lipinski definition) is 3. The Hall–Kier alpha value is -2.09. The molecule has 3 N–H and O–H groups in total. The molecule has 0 aliphatic carbocycles. The fourth-order valence-corrected chi connectivity index (χ4v) is 3.67. The van der Waals surface area contributed by atoms with E-state index in [0.29, 0.717) is 28.2 Å². The van der Waals surface area contributed by atoms with Crippen molar-refractivity contribution in [3.63, 3.8) is 0 Å². The minimum atomic E-state index is -0.548. The molecule has 0 bridgehead atoms. The number of rotatable bonds is 4. The highest BCUT2D eigenvalue weighted by Gasteiger charge is 2.28. The number of anilines is 1. The van der Waals surface area contributed by atoms with Gasteiger partial charge in [-0.15, -0.1) is 0 Å². The first kappa shape index (κ1) is 18.7. The van der Waals surface area contributed by atoms with Gasteiger partial charge in [0.25, 0.3) is 5.91 Å². The third-order valence-corrected chi connectivity index (χ3v) is 4.68. The molecule has 0 unspecified atom stereocenters. The summed E-state index contributed by atoms with van der Waals surface area (Å²) in [5.74, 6) is -0.721. The summed E-state index contributed by atoms with van der Waals surface area (Å²) in [6, 6.07) is 5.19. The summed E-state index contributed by atoms with van der Waals surface area (Å²) in [5.41, 5.74) is 1.30. The van der Waals surface area contributed by atoms with Crippen LogP contribution in [0.25, 0.3) is 10.9 Å². The lowest BCUT2D eigenvalue weighted by molar-refractivity contribution is -0.907. The highest BCUT2D eigenvalue weighted by molar-refractivity contribution is 6.31. The first-order valence-electron chi connectivity index (χ1n) is 8.55. The molecule has 2 heterocycles. The zero-order valence-corrected chi connectivity index (χ0v) is 15.8. The first-order chi connectivity index (χ1) is 12.4. The summed E-state index contributed by atoms with van der Waals surface area (Å²) >= 11 is 6.08. The van der Waals surface area contributed by atoms with Crippen molar-refractivity contribution >= 4 is 40.1 Å². The summed E-state index contributed by atoms with van der Waals surface area (Å²) < 4.78 is 10.5. The van der Waals surface area contributed by atoms with Gasteiger partial charge in [0.2, 0.25) is 0 Å². The Morgan fingerprint density at radius 2 is 2.04 bits per heavy atom. The molecule has 1 amide bonds. The maximum absolute atomic E-state index is 12.6. The van der Waals surface area contributed by atoms with Gasteiger partial charge in [0.05, 0.1) is 12.8 Å². The molecule has 0 saturated carbocycles. The van der Waals surface area contributed by atoms with Crippen LogP contribution in [0.3, 0.4) is 0 Å². The number of benzene rings is 1. The number of quaternary nitrogens is 1. The van der Waals surface area contributed by atoms with E-state index >= 15 is 0 Å². The van der Waals surface area contributed by atoms with E-state index < -0.39 is 5.97 Å². The van der Waals surface area contributed by atoms with Gasteiger partial charge in [-0.2, -0.15) is 0 Å². The number of carbonyl (C=O) groups is 2. The molecule has 2 atom stereocenters. The predicted octanol–water partition coefficient (Wildman–Crippen LogP) is 1.24. The van der Waals surface area contributed by atoms with Crippen molar-refractivity contribution < 1.29 is 24.0 Å². The number of halogens is 1. The van der Waals surface area contributed by atoms with Crippen LogP contribution in [0.1, 0.15) is 24.3 Å². The second-order valence-electron chi connectivity index (χ2n) is 6.70. The fraction of sp³-hybridized carbons (Fsp3) is 0.444. The fourth-order valence-electron chi connectivity index (χ4n) is 3.49. The van der Waals surface area contributed by atoms with E-state index in [-0.39, 0.29) is 23.8 Å². The quantitative estimate of drug-likeness (QED) is 0.697. The van der Waals surface area contributed by atoms with Crippen molar-refractivity contribution in [1.29, 1.82) is 0 Å². The van der Waals surface area contributed by atoms with Gasteiger partial charge in [-0.25, -0.2) is 4.79 Å². The molecule has 1 fully saturated rings. The molecule has 26 heavy (non-hydrogen) atoms. The minimum Gasteiger partial charge on any atom is -0.464 e. The summed E-state index contributed by atoms with van der Waals surface area (Å²) in [5, 5.41) is 4.05. The number of H-pyrrole nitrogens is 1. The van der Waals surface area contributed by atoms with Crippen LogP contribution in [0.2, 0.25) is 5.02 Å². The van der Waals surface area contributed by atoms with E-state index in [4.69, 9.17) is 21.1 Å². The number of aromatic amines is 1. The molecular formula is C18H23ClN3O4+. The number of ether oxygens (including phenoxy) is 2. The highest BCUT2D eigenvalue weighted by atomic mass is 35.5. The van der Waals surface area contributed by atoms with Crippen molar-refractivity contribution in [2.45, 2.75) is 26.1 Å². The number of hydrogen-bond acceptors (Lipinski definition) is 4. The molecule has 1 aliphatic rings. The lowest BCUT2D eigenvalue weighted by Gasteiger charge is -2.31. The monoisotopic (exact) mass is 380 g/mol. The molecule has 0 radical (unpaired) electrons. The molecule has 2 aromatic rings. The van der Waals surface area contributed by atoms with Gasteiger partial charge < -0.3 is 24.7 Å². The minimum absolute atomic E-state index is 0.110. The van der Waals surface area contributed by atoms with Crippen LogP contribution >= 0.6 is 11.6 Å². The standard InChI is InChI=1S/C18H22ClN3O4/c1-10-7-22(8-11(2)26-10)9-15(23)21-16-13-6-12(19)4-5-14(13)20-17(16)18(24)25-3/h4-6,10-11,20H,7-9H2,1-3H3,(H,21,23)/p+1/t10-,11-/m0/s1. The van der Waals surface area contributed by atoms with Gasteiger partial charge in [-0.05, 0) is 32.0 Å². The van der Waals surface area contributed by atoms with Crippen LogP contribution in [0, 0.1) is 0 Å². The molecule has 3 rings (SSSR count). The largest absolute Gasteiger partial charge is 0.464 e. The molecule has 8 heteroatoms. The summed E-state index contributed by atoms with van der Waals surface area (Å²) in [6.45, 7) is 5.84. The number of methoxy groups -OCH3 is 1. The van der Waals surface area contributed by atoms with Crippen molar-refractivity contribution in [2.24, 2.45) is 0 Å². The number of nitrogens with one attached hydrogen (secondary N) is 3. The lowest BCUT2D eigenvalue weighted by Crippen LogP contribution is -3.16. The maximum atomic E-state index is 12.6. The average molecular weight is 381 g/mol. The van der Waals surface area contributed by atoms with Gasteiger partial charge in [-0.3, -0.25) is 4.79 Å². The number of fused-ring (bicyclic) bond motifs is 1. The van der Waals surface area contributed by atoms with Gasteiger partial charge in [-0.1, -0.05) is 11.6 Å². The number of morpholine rings is 1. The number of aromatic nitrogens is 1. The SMILES string of the molecule is COC(=O)c1[nH]c2ccc(Cl)cc2c1NC(=O)C[NH+]1C[C@H](C)O[C@@H](C)C1. The molecule has 1 aromatic carbocycles. The van der Waals surface area contributed by atoms with E-state index in [9.17, 15) is 9.59 Å². The highest BCUT2D eigenvalue weighted by Crippen LogP contribution is 2.30. The van der Waals surface area contributed by atoms with Gasteiger partial charge in [0.1, 0.15) is 31.0 Å². The topological polar surface area (TPSA) is 84.9 Å². The van der Waals surface area contributed by atoms with Crippen molar-refractivity contribution in [3.05, 3.63) is 28.9 Å². The Morgan fingerprint density at radius 3 is 2.69 bits per heavy atom. The predicted molar refractivity (Wildman–Crippen MR) is 98.9 cm³/mol. The summed E-state index contributed by atoms with van der Waals surface area (Å²) in [7, 11) is 1.30. The zero-order valence-electron chi connectivity index (χ0n) is 15.0. The van der Waals surface area contributed by atoms with E-state index in [0.717, 1.165) is 18.0 Å².